The first-order chi connectivity index (χ1) is 15.0. The van der Waals surface area contributed by atoms with Crippen LogP contribution < -0.4 is 10.1 Å². The standard InChI is InChI=1S/C24H29ClN4O2/c1-16-20(15-28-23(16)24(26-3)29-17(2)25)7-5-4-6-8-22(30)27-14-18-9-10-21-19(13-18)11-12-31-21/h9-10,13,15,20H,2-8,11-12,14H2,1H3,(H,27,30). The van der Waals surface area contributed by atoms with Gasteiger partial charge in [-0.05, 0) is 49.2 Å². The molecule has 2 aliphatic rings. The van der Waals surface area contributed by atoms with Crippen LogP contribution in [0, 0.1) is 5.92 Å². The Morgan fingerprint density at radius 3 is 2.97 bits per heavy atom. The molecule has 31 heavy (non-hydrogen) atoms. The van der Waals surface area contributed by atoms with Gasteiger partial charge in [0.25, 0.3) is 0 Å². The number of nitrogens with one attached hydrogen (secondary N) is 1. The number of unbranched alkanes of at least 4 members (excludes halogenated alkanes) is 2. The summed E-state index contributed by atoms with van der Waals surface area (Å²) in [4.78, 5) is 24.6. The molecule has 1 unspecified atom stereocenters. The number of fused-ring (bicyclic) bond motifs is 1. The molecule has 0 radical (unpaired) electrons. The van der Waals surface area contributed by atoms with Crippen LogP contribution >= 0.6 is 11.6 Å². The Balaban J connectivity index is 1.35. The predicted octanol–water partition coefficient (Wildman–Crippen LogP) is 4.97. The molecule has 1 amide bonds. The van der Waals surface area contributed by atoms with Crippen LogP contribution in [0.2, 0.25) is 0 Å². The highest BCUT2D eigenvalue weighted by atomic mass is 35.5. The van der Waals surface area contributed by atoms with E-state index in [1.165, 1.54) is 5.56 Å². The predicted molar refractivity (Wildman–Crippen MR) is 127 cm³/mol. The lowest BCUT2D eigenvalue weighted by Crippen LogP contribution is -2.22. The molecule has 1 atom stereocenters. The molecule has 1 aromatic rings. The third kappa shape index (κ3) is 6.37. The maximum Gasteiger partial charge on any atom is 0.220 e. The Kier molecular flexibility index (Phi) is 8.18. The minimum Gasteiger partial charge on any atom is -0.493 e. The number of amides is 1. The zero-order valence-electron chi connectivity index (χ0n) is 18.0. The second kappa shape index (κ2) is 11.0. The van der Waals surface area contributed by atoms with E-state index in [2.05, 4.69) is 39.7 Å². The number of hydrogen-bond donors (Lipinski definition) is 1. The van der Waals surface area contributed by atoms with Crippen LogP contribution in [0.3, 0.4) is 0 Å². The molecular weight excluding hydrogens is 412 g/mol. The second-order valence-electron chi connectivity index (χ2n) is 7.80. The molecule has 2 aliphatic heterocycles. The zero-order valence-corrected chi connectivity index (χ0v) is 18.7. The topological polar surface area (TPSA) is 75.4 Å². The van der Waals surface area contributed by atoms with E-state index in [0.29, 0.717) is 18.8 Å². The maximum atomic E-state index is 12.1. The van der Waals surface area contributed by atoms with Crippen LogP contribution in [0.4, 0.5) is 0 Å². The van der Waals surface area contributed by atoms with Crippen LogP contribution in [0.1, 0.15) is 50.2 Å². The van der Waals surface area contributed by atoms with Crippen LogP contribution in [-0.2, 0) is 17.8 Å². The van der Waals surface area contributed by atoms with E-state index in [4.69, 9.17) is 16.3 Å². The molecule has 0 aromatic heterocycles. The lowest BCUT2D eigenvalue weighted by atomic mass is 9.95. The van der Waals surface area contributed by atoms with Gasteiger partial charge in [-0.2, -0.15) is 0 Å². The number of carbonyl (C=O) groups excluding carboxylic acids is 1. The number of nitrogens with zero attached hydrogens (tertiary/aromatic N) is 3. The van der Waals surface area contributed by atoms with Gasteiger partial charge in [0.1, 0.15) is 16.6 Å². The second-order valence-corrected chi connectivity index (χ2v) is 8.24. The molecule has 0 spiro atoms. The number of aliphatic imine (C=N–C) groups is 3. The van der Waals surface area contributed by atoms with Gasteiger partial charge in [-0.25, -0.2) is 9.98 Å². The first-order valence-electron chi connectivity index (χ1n) is 10.6. The van der Waals surface area contributed by atoms with Crippen molar-refractivity contribution >= 4 is 36.3 Å². The summed E-state index contributed by atoms with van der Waals surface area (Å²) in [5, 5.41) is 3.17. The Morgan fingerprint density at radius 2 is 2.19 bits per heavy atom. The monoisotopic (exact) mass is 440 g/mol. The summed E-state index contributed by atoms with van der Waals surface area (Å²) in [7, 11) is 0. The number of ether oxygens (including phenoxy) is 1. The number of hydrogen-bond acceptors (Lipinski definition) is 4. The molecule has 0 saturated heterocycles. The molecule has 2 heterocycles. The first kappa shape index (κ1) is 22.9. The Morgan fingerprint density at radius 1 is 1.35 bits per heavy atom. The van der Waals surface area contributed by atoms with Crippen molar-refractivity contribution in [1.82, 2.24) is 5.32 Å². The highest BCUT2D eigenvalue weighted by Gasteiger charge is 2.21. The molecule has 1 aromatic carbocycles. The zero-order chi connectivity index (χ0) is 22.2. The van der Waals surface area contributed by atoms with Crippen molar-refractivity contribution in [2.24, 2.45) is 20.9 Å². The summed E-state index contributed by atoms with van der Waals surface area (Å²) in [6.45, 7) is 10.4. The normalized spacial score (nSPS) is 17.5. The summed E-state index contributed by atoms with van der Waals surface area (Å²) in [6.07, 6.45) is 7.28. The highest BCUT2D eigenvalue weighted by molar-refractivity contribution is 6.30. The van der Waals surface area contributed by atoms with Gasteiger partial charge in [-0.15, -0.1) is 0 Å². The number of benzene rings is 1. The molecular formula is C24H29ClN4O2. The van der Waals surface area contributed by atoms with Crippen molar-refractivity contribution in [3.05, 3.63) is 52.3 Å². The summed E-state index contributed by atoms with van der Waals surface area (Å²) in [6, 6.07) is 6.12. The third-order valence-corrected chi connectivity index (χ3v) is 5.65. The van der Waals surface area contributed by atoms with Gasteiger partial charge in [0, 0.05) is 31.5 Å². The smallest absolute Gasteiger partial charge is 0.220 e. The quantitative estimate of drug-likeness (QED) is 0.241. The molecule has 1 N–H and O–H groups in total. The average molecular weight is 441 g/mol. The maximum absolute atomic E-state index is 12.1. The molecule has 0 aliphatic carbocycles. The van der Waals surface area contributed by atoms with Gasteiger partial charge in [-0.1, -0.05) is 43.2 Å². The lowest BCUT2D eigenvalue weighted by molar-refractivity contribution is -0.121. The Hall–Kier alpha value is -2.73. The van der Waals surface area contributed by atoms with Gasteiger partial charge in [-0.3, -0.25) is 9.79 Å². The van der Waals surface area contributed by atoms with Crippen molar-refractivity contribution < 1.29 is 9.53 Å². The average Bonchev–Trinajstić information content (AvgIpc) is 3.36. The van der Waals surface area contributed by atoms with Gasteiger partial charge < -0.3 is 10.1 Å². The SMILES string of the molecule is C=NC(=NC(=C)Cl)C1=C(C)C(CCCCCC(=O)NCc2ccc3c(c2)CCO3)C=N1. The number of rotatable bonds is 10. The Labute approximate surface area is 188 Å². The van der Waals surface area contributed by atoms with Gasteiger partial charge >= 0.3 is 0 Å². The van der Waals surface area contributed by atoms with E-state index in [1.54, 1.807) is 0 Å². The molecule has 7 heteroatoms. The van der Waals surface area contributed by atoms with Crippen molar-refractivity contribution in [3.8, 4) is 5.75 Å². The fourth-order valence-electron chi connectivity index (χ4n) is 3.82. The summed E-state index contributed by atoms with van der Waals surface area (Å²) in [5.41, 5.74) is 4.18. The van der Waals surface area contributed by atoms with Crippen LogP contribution in [0.5, 0.6) is 5.75 Å². The largest absolute Gasteiger partial charge is 0.493 e. The van der Waals surface area contributed by atoms with Crippen LogP contribution in [-0.4, -0.2) is 31.3 Å². The van der Waals surface area contributed by atoms with E-state index in [-0.39, 0.29) is 17.0 Å². The molecule has 3 rings (SSSR count). The molecule has 0 saturated carbocycles. The van der Waals surface area contributed by atoms with Crippen LogP contribution in [0.25, 0.3) is 0 Å². The van der Waals surface area contributed by atoms with E-state index in [1.807, 2.05) is 25.3 Å². The third-order valence-electron chi connectivity index (χ3n) is 5.56. The molecule has 0 fully saturated rings. The molecule has 6 nitrogen and oxygen atoms in total. The van der Waals surface area contributed by atoms with E-state index in [9.17, 15) is 4.79 Å². The summed E-state index contributed by atoms with van der Waals surface area (Å²) >= 11 is 5.76. The van der Waals surface area contributed by atoms with E-state index in [0.717, 1.165) is 61.3 Å². The molecule has 164 valence electrons. The summed E-state index contributed by atoms with van der Waals surface area (Å²) in [5.74, 6) is 1.72. The minimum atomic E-state index is 0.0942. The van der Waals surface area contributed by atoms with Gasteiger partial charge in [0.2, 0.25) is 5.91 Å². The van der Waals surface area contributed by atoms with E-state index < -0.39 is 0 Å². The number of amidine groups is 1. The van der Waals surface area contributed by atoms with Gasteiger partial charge in [0.15, 0.2) is 5.84 Å². The first-order valence-corrected chi connectivity index (χ1v) is 11.0. The minimum absolute atomic E-state index is 0.0942. The number of halogens is 1. The van der Waals surface area contributed by atoms with Gasteiger partial charge in [0.05, 0.1) is 6.61 Å². The number of carbonyl (C=O) groups is 1. The lowest BCUT2D eigenvalue weighted by Gasteiger charge is -2.10. The highest BCUT2D eigenvalue weighted by Crippen LogP contribution is 2.28. The van der Waals surface area contributed by atoms with Crippen molar-refractivity contribution in [2.75, 3.05) is 6.61 Å². The van der Waals surface area contributed by atoms with E-state index >= 15 is 0 Å². The van der Waals surface area contributed by atoms with Crippen molar-refractivity contribution in [2.45, 2.75) is 52.0 Å². The van der Waals surface area contributed by atoms with Crippen molar-refractivity contribution in [3.63, 3.8) is 0 Å². The molecule has 0 bridgehead atoms. The fourth-order valence-corrected chi connectivity index (χ4v) is 3.90. The number of allylic oxidation sites excluding steroid dienone is 1. The Bertz CT molecular complexity index is 949. The van der Waals surface area contributed by atoms with Crippen molar-refractivity contribution in [1.29, 1.82) is 0 Å². The fraction of sp³-hybridized carbons (Fsp3) is 0.417. The summed E-state index contributed by atoms with van der Waals surface area (Å²) < 4.78 is 5.52. The van der Waals surface area contributed by atoms with Crippen LogP contribution in [0.15, 0.2) is 56.2 Å².